The first kappa shape index (κ1) is 52.2. The second kappa shape index (κ2) is 38.1. The van der Waals surface area contributed by atoms with Crippen molar-refractivity contribution in [1.29, 1.82) is 0 Å². The Hall–Kier alpha value is -2.75. The molecule has 2 atom stereocenters. The number of ether oxygens (including phenoxy) is 4. The van der Waals surface area contributed by atoms with E-state index in [4.69, 9.17) is 18.9 Å². The minimum atomic E-state index is -1.62. The van der Waals surface area contributed by atoms with E-state index in [1.807, 2.05) is 21.1 Å². The molecule has 0 saturated carbocycles. The average molecular weight is 776 g/mol. The van der Waals surface area contributed by atoms with E-state index in [1.54, 1.807) is 0 Å². The highest BCUT2D eigenvalue weighted by molar-refractivity contribution is 5.70. The SMILES string of the molecule is CC/C=C\C/C=C\C/C=C\C/C=C\CCCCCCCCCCC(=O)OC(COC(=O)CCCCCCCCCCC)COC(OCC[N+](C)(C)C)C(=O)[O-]. The highest BCUT2D eigenvalue weighted by Gasteiger charge is 2.21. The van der Waals surface area contributed by atoms with Crippen molar-refractivity contribution in [2.45, 2.75) is 180 Å². The van der Waals surface area contributed by atoms with Crippen LogP contribution in [0.15, 0.2) is 48.6 Å². The van der Waals surface area contributed by atoms with Crippen LogP contribution in [0, 0.1) is 0 Å². The van der Waals surface area contributed by atoms with Gasteiger partial charge in [-0.25, -0.2) is 0 Å². The number of carboxylic acids is 1. The molecule has 0 spiro atoms. The van der Waals surface area contributed by atoms with Crippen molar-refractivity contribution in [2.24, 2.45) is 0 Å². The number of likely N-dealkylation sites (N-methyl/N-ethyl adjacent to an activating group) is 1. The standard InChI is InChI=1S/C46H81NO8/c1-6-8-10-12-14-16-17-18-19-20-21-22-23-24-25-26-27-29-31-33-35-37-44(49)55-42(41-54-46(45(50)51)52-39-38-47(3,4)5)40-53-43(48)36-34-32-30-28-15-13-11-9-7-2/h8,10,14,16,18-19,21-22,42,46H,6-7,9,11-13,15,17,20,23-41H2,1-5H3/b10-8-,16-14-,19-18-,22-21-. The molecule has 55 heavy (non-hydrogen) atoms. The lowest BCUT2D eigenvalue weighted by Crippen LogP contribution is -2.44. The first-order valence-corrected chi connectivity index (χ1v) is 21.8. The van der Waals surface area contributed by atoms with E-state index >= 15 is 0 Å². The lowest BCUT2D eigenvalue weighted by molar-refractivity contribution is -0.870. The molecule has 0 rings (SSSR count). The number of carbonyl (C=O) groups excluding carboxylic acids is 3. The maximum atomic E-state index is 12.7. The molecule has 0 aromatic rings. The Bertz CT molecular complexity index is 1050. The Labute approximate surface area is 336 Å². The number of allylic oxidation sites excluding steroid dienone is 8. The Morgan fingerprint density at radius 2 is 1.04 bits per heavy atom. The third-order valence-electron chi connectivity index (χ3n) is 9.09. The van der Waals surface area contributed by atoms with Gasteiger partial charge in [-0.05, 0) is 51.4 Å². The van der Waals surface area contributed by atoms with Gasteiger partial charge in [-0.15, -0.1) is 0 Å². The van der Waals surface area contributed by atoms with E-state index in [2.05, 4.69) is 62.5 Å². The van der Waals surface area contributed by atoms with Crippen molar-refractivity contribution >= 4 is 17.9 Å². The van der Waals surface area contributed by atoms with Crippen LogP contribution in [0.4, 0.5) is 0 Å². The number of hydrogen-bond acceptors (Lipinski definition) is 8. The summed E-state index contributed by atoms with van der Waals surface area (Å²) in [6.45, 7) is 4.58. The van der Waals surface area contributed by atoms with Gasteiger partial charge in [0.2, 0.25) is 0 Å². The maximum Gasteiger partial charge on any atom is 0.306 e. The van der Waals surface area contributed by atoms with Crippen molar-refractivity contribution in [1.82, 2.24) is 0 Å². The molecule has 0 aliphatic carbocycles. The summed E-state index contributed by atoms with van der Waals surface area (Å²) in [5.41, 5.74) is 0. The zero-order valence-corrected chi connectivity index (χ0v) is 35.8. The molecule has 9 nitrogen and oxygen atoms in total. The summed E-state index contributed by atoms with van der Waals surface area (Å²) < 4.78 is 22.5. The first-order chi connectivity index (χ1) is 26.6. The van der Waals surface area contributed by atoms with Crippen LogP contribution < -0.4 is 5.11 Å². The van der Waals surface area contributed by atoms with Crippen LogP contribution in [-0.4, -0.2) is 82.3 Å². The summed E-state index contributed by atoms with van der Waals surface area (Å²) in [4.78, 5) is 36.8. The molecule has 2 unspecified atom stereocenters. The van der Waals surface area contributed by atoms with Gasteiger partial charge in [0, 0.05) is 12.8 Å². The molecule has 0 aliphatic heterocycles. The van der Waals surface area contributed by atoms with E-state index in [9.17, 15) is 19.5 Å². The predicted molar refractivity (Wildman–Crippen MR) is 223 cm³/mol. The number of carbonyl (C=O) groups is 3. The predicted octanol–water partition coefficient (Wildman–Crippen LogP) is 9.88. The Kier molecular flexibility index (Phi) is 36.2. The van der Waals surface area contributed by atoms with Crippen LogP contribution in [0.5, 0.6) is 0 Å². The van der Waals surface area contributed by atoms with Gasteiger partial charge in [0.25, 0.3) is 0 Å². The average Bonchev–Trinajstić information content (AvgIpc) is 3.14. The molecule has 0 amide bonds. The molecule has 0 radical (unpaired) electrons. The van der Waals surface area contributed by atoms with Crippen LogP contribution in [0.25, 0.3) is 0 Å². The van der Waals surface area contributed by atoms with Gasteiger partial charge in [-0.1, -0.05) is 152 Å². The second-order valence-electron chi connectivity index (χ2n) is 15.6. The molecule has 0 bridgehead atoms. The normalized spacial score (nSPS) is 13.4. The zero-order valence-electron chi connectivity index (χ0n) is 35.8. The number of rotatable bonds is 39. The molecule has 0 fully saturated rings. The second-order valence-corrected chi connectivity index (χ2v) is 15.6. The summed E-state index contributed by atoms with van der Waals surface area (Å²) in [5.74, 6) is -2.30. The monoisotopic (exact) mass is 776 g/mol. The van der Waals surface area contributed by atoms with Crippen LogP contribution in [0.1, 0.15) is 168 Å². The van der Waals surface area contributed by atoms with Gasteiger partial charge >= 0.3 is 11.9 Å². The first-order valence-electron chi connectivity index (χ1n) is 21.8. The quantitative estimate of drug-likeness (QED) is 0.0200. The summed E-state index contributed by atoms with van der Waals surface area (Å²) >= 11 is 0. The summed E-state index contributed by atoms with van der Waals surface area (Å²) in [5, 5.41) is 11.7. The molecular weight excluding hydrogens is 695 g/mol. The number of nitrogens with zero attached hydrogens (tertiary/aromatic N) is 1. The van der Waals surface area contributed by atoms with Gasteiger partial charge < -0.3 is 33.3 Å². The van der Waals surface area contributed by atoms with Crippen molar-refractivity contribution in [3.05, 3.63) is 48.6 Å². The van der Waals surface area contributed by atoms with Crippen LogP contribution in [-0.2, 0) is 33.3 Å². The minimum Gasteiger partial charge on any atom is -0.545 e. The number of aliphatic carboxylic acids is 1. The van der Waals surface area contributed by atoms with Gasteiger partial charge in [0.05, 0.1) is 40.3 Å². The third kappa shape index (κ3) is 39.3. The fourth-order valence-electron chi connectivity index (χ4n) is 5.70. The van der Waals surface area contributed by atoms with Crippen molar-refractivity contribution < 1.29 is 42.9 Å². The number of carboxylic acid groups (broad SMARTS) is 1. The van der Waals surface area contributed by atoms with Crippen LogP contribution >= 0.6 is 0 Å². The smallest absolute Gasteiger partial charge is 0.306 e. The van der Waals surface area contributed by atoms with E-state index in [0.29, 0.717) is 23.9 Å². The molecule has 318 valence electrons. The number of unbranched alkanes of at least 4 members (excludes halogenated alkanes) is 16. The summed E-state index contributed by atoms with van der Waals surface area (Å²) in [6, 6.07) is 0. The number of esters is 2. The van der Waals surface area contributed by atoms with Crippen molar-refractivity contribution in [3.63, 3.8) is 0 Å². The number of quaternary nitrogens is 1. The maximum absolute atomic E-state index is 12.7. The van der Waals surface area contributed by atoms with E-state index < -0.39 is 24.3 Å². The Morgan fingerprint density at radius 1 is 0.564 bits per heavy atom. The molecule has 0 aromatic heterocycles. The zero-order chi connectivity index (χ0) is 40.7. The Balaban J connectivity index is 4.39. The van der Waals surface area contributed by atoms with Crippen molar-refractivity contribution in [3.8, 4) is 0 Å². The van der Waals surface area contributed by atoms with Crippen LogP contribution in [0.2, 0.25) is 0 Å². The van der Waals surface area contributed by atoms with Crippen molar-refractivity contribution in [2.75, 3.05) is 47.5 Å². The molecule has 0 aromatic carbocycles. The molecule has 0 N–H and O–H groups in total. The van der Waals surface area contributed by atoms with Gasteiger partial charge in [-0.2, -0.15) is 0 Å². The largest absolute Gasteiger partial charge is 0.545 e. The van der Waals surface area contributed by atoms with E-state index in [1.165, 1.54) is 64.2 Å². The highest BCUT2D eigenvalue weighted by atomic mass is 16.7. The fourth-order valence-corrected chi connectivity index (χ4v) is 5.70. The molecule has 9 heteroatoms. The summed E-state index contributed by atoms with van der Waals surface area (Å²) in [7, 11) is 5.90. The molecule has 0 heterocycles. The molecule has 0 saturated heterocycles. The van der Waals surface area contributed by atoms with Gasteiger partial charge in [-0.3, -0.25) is 9.59 Å². The highest BCUT2D eigenvalue weighted by Crippen LogP contribution is 2.14. The topological polar surface area (TPSA) is 111 Å². The fraction of sp³-hybridized carbons (Fsp3) is 0.761. The van der Waals surface area contributed by atoms with E-state index in [0.717, 1.165) is 70.6 Å². The third-order valence-corrected chi connectivity index (χ3v) is 9.09. The molecule has 0 aliphatic rings. The van der Waals surface area contributed by atoms with Gasteiger partial charge in [0.15, 0.2) is 12.4 Å². The van der Waals surface area contributed by atoms with Gasteiger partial charge in [0.1, 0.15) is 13.2 Å². The Morgan fingerprint density at radius 3 is 1.55 bits per heavy atom. The molecular formula is C46H81NO8. The minimum absolute atomic E-state index is 0.145. The van der Waals surface area contributed by atoms with Crippen LogP contribution in [0.3, 0.4) is 0 Å². The lowest BCUT2D eigenvalue weighted by atomic mass is 10.1. The van der Waals surface area contributed by atoms with E-state index in [-0.39, 0.29) is 32.2 Å². The summed E-state index contributed by atoms with van der Waals surface area (Å²) in [6.07, 6.45) is 40.0. The lowest BCUT2D eigenvalue weighted by Gasteiger charge is -2.26. The number of hydrogen-bond donors (Lipinski definition) is 0.